The van der Waals surface area contributed by atoms with Crippen molar-refractivity contribution in [2.24, 2.45) is 45.3 Å². The number of aliphatic imine (C=N–C) groups is 2. The Morgan fingerprint density at radius 1 is 0.887 bits per heavy atom. The molecule has 1 aromatic carbocycles. The Morgan fingerprint density at radius 2 is 1.55 bits per heavy atom. The number of hydrogen-bond acceptors (Lipinski definition) is 12. The number of carboxylic acid groups (broad SMARTS) is 1. The van der Waals surface area contributed by atoms with Crippen LogP contribution in [0.4, 0.5) is 0 Å². The van der Waals surface area contributed by atoms with E-state index >= 15 is 0 Å². The summed E-state index contributed by atoms with van der Waals surface area (Å²) in [6.07, 6.45) is 3.29. The molecule has 0 radical (unpaired) electrons. The Labute approximate surface area is 424 Å². The largest absolute Gasteiger partial charge is 0.481 e. The zero-order valence-electron chi connectivity index (χ0n) is 42.1. The Hall–Kier alpha value is -5.64. The summed E-state index contributed by atoms with van der Waals surface area (Å²) in [7, 11) is 0. The van der Waals surface area contributed by atoms with Crippen LogP contribution in [0.3, 0.4) is 0 Å². The van der Waals surface area contributed by atoms with Crippen LogP contribution < -0.4 is 32.3 Å². The molecule has 3 rings (SSSR count). The van der Waals surface area contributed by atoms with Crippen molar-refractivity contribution in [1.29, 1.82) is 0 Å². The van der Waals surface area contributed by atoms with Gasteiger partial charge in [0.05, 0.1) is 11.8 Å². The molecule has 392 valence electrons. The number of nitrogens with zero attached hydrogens (tertiary/aromatic N) is 3. The normalized spacial score (nSPS) is 23.7. The van der Waals surface area contributed by atoms with Gasteiger partial charge in [0.15, 0.2) is 0 Å². The van der Waals surface area contributed by atoms with Crippen molar-refractivity contribution in [1.82, 2.24) is 31.5 Å². The molecule has 2 heterocycles. The van der Waals surface area contributed by atoms with Crippen LogP contribution in [0.1, 0.15) is 111 Å². The smallest absolute Gasteiger partial charge is 0.303 e. The van der Waals surface area contributed by atoms with Crippen LogP contribution in [0.5, 0.6) is 0 Å². The van der Waals surface area contributed by atoms with Crippen molar-refractivity contribution in [3.05, 3.63) is 35.4 Å². The lowest BCUT2D eigenvalue weighted by atomic mass is 9.96. The van der Waals surface area contributed by atoms with Gasteiger partial charge in [-0.15, -0.1) is 0 Å². The maximum absolute atomic E-state index is 14.1. The predicted octanol–water partition coefficient (Wildman–Crippen LogP) is 2.54. The highest BCUT2D eigenvalue weighted by atomic mass is 32.2. The molecular weight excluding hydrogens is 955 g/mol. The predicted molar refractivity (Wildman–Crippen MR) is 273 cm³/mol. The van der Waals surface area contributed by atoms with Crippen LogP contribution in [-0.4, -0.2) is 136 Å². The van der Waals surface area contributed by atoms with Gasteiger partial charge < -0.3 is 42.3 Å². The molecule has 0 saturated carbocycles. The van der Waals surface area contributed by atoms with Gasteiger partial charge >= 0.3 is 5.97 Å². The molecule has 71 heavy (non-hydrogen) atoms. The van der Waals surface area contributed by atoms with Crippen LogP contribution in [0, 0.1) is 29.6 Å². The van der Waals surface area contributed by atoms with Crippen LogP contribution in [0.25, 0.3) is 0 Å². The number of amides is 9. The van der Waals surface area contributed by atoms with E-state index in [-0.39, 0.29) is 54.4 Å². The summed E-state index contributed by atoms with van der Waals surface area (Å²) in [4.78, 5) is 142. The quantitative estimate of drug-likeness (QED) is 0.117. The number of carbonyl (C=O) groups is 10. The van der Waals surface area contributed by atoms with Crippen LogP contribution in [0.2, 0.25) is 0 Å². The van der Waals surface area contributed by atoms with Gasteiger partial charge in [0.25, 0.3) is 11.8 Å². The number of carbonyl (C=O) groups excluding carboxylic acids is 9. The second-order valence-electron chi connectivity index (χ2n) is 19.0. The van der Waals surface area contributed by atoms with Crippen molar-refractivity contribution >= 4 is 95.1 Å². The van der Waals surface area contributed by atoms with Crippen LogP contribution >= 0.6 is 23.5 Å². The molecular formula is C49H73N9O11S2. The Morgan fingerprint density at radius 3 is 2.14 bits per heavy atom. The Bertz CT molecular complexity index is 2140. The molecule has 1 aromatic rings. The summed E-state index contributed by atoms with van der Waals surface area (Å²) < 4.78 is 0. The lowest BCUT2D eigenvalue weighted by molar-refractivity contribution is -0.137. The van der Waals surface area contributed by atoms with Gasteiger partial charge in [-0.05, 0) is 67.9 Å². The molecule has 1 saturated heterocycles. The fourth-order valence-corrected chi connectivity index (χ4v) is 9.86. The Kier molecular flexibility index (Phi) is 24.9. The maximum atomic E-state index is 14.1. The van der Waals surface area contributed by atoms with Gasteiger partial charge in [0, 0.05) is 55.3 Å². The lowest BCUT2D eigenvalue weighted by Gasteiger charge is -2.29. The summed E-state index contributed by atoms with van der Waals surface area (Å²) in [5, 5.41) is 23.0. The molecule has 2 unspecified atom stereocenters. The topological polar surface area (TPSA) is 305 Å². The molecule has 9 amide bonds. The van der Waals surface area contributed by atoms with Gasteiger partial charge in [-0.25, -0.2) is 9.98 Å². The second kappa shape index (κ2) is 29.6. The van der Waals surface area contributed by atoms with E-state index in [1.807, 2.05) is 58.9 Å². The van der Waals surface area contributed by atoms with E-state index in [1.54, 1.807) is 6.92 Å². The SMILES string of the molecule is CC[C@H](C)[C@@H]1NC(=O)[C@H](CC(C)C)NC(=O)[C@H](C)NC(=O)C(C=NC(=O)[C@H](CC(C)C)NC(=O)C(C=NC(=O)[C@@H]2CCCN2C(C)=O)CCC(=O)O)CSCc2cccc(c2)CSC[C@@H](C(N)=O)NC1=O. The zero-order valence-corrected chi connectivity index (χ0v) is 43.7. The van der Waals surface area contributed by atoms with Gasteiger partial charge in [0.2, 0.25) is 41.4 Å². The highest BCUT2D eigenvalue weighted by Crippen LogP contribution is 2.22. The fourth-order valence-electron chi connectivity index (χ4n) is 7.82. The lowest BCUT2D eigenvalue weighted by Crippen LogP contribution is -2.59. The first-order valence-electron chi connectivity index (χ1n) is 24.2. The van der Waals surface area contributed by atoms with Gasteiger partial charge in [0.1, 0.15) is 36.3 Å². The molecule has 2 bridgehead atoms. The van der Waals surface area contributed by atoms with Gasteiger partial charge in [-0.3, -0.25) is 47.9 Å². The van der Waals surface area contributed by atoms with Crippen LogP contribution in [-0.2, 0) is 59.5 Å². The van der Waals surface area contributed by atoms with Crippen molar-refractivity contribution < 1.29 is 53.1 Å². The third kappa shape index (κ3) is 20.2. The van der Waals surface area contributed by atoms with E-state index in [4.69, 9.17) is 5.73 Å². The molecule has 0 aliphatic carbocycles. The first-order chi connectivity index (χ1) is 33.5. The monoisotopic (exact) mass is 1030 g/mol. The zero-order chi connectivity index (χ0) is 52.9. The van der Waals surface area contributed by atoms with Crippen LogP contribution in [0.15, 0.2) is 34.3 Å². The molecule has 9 atom stereocenters. The second-order valence-corrected chi connectivity index (χ2v) is 21.1. The minimum atomic E-state index is -1.23. The van der Waals surface area contributed by atoms with E-state index in [2.05, 4.69) is 36.6 Å². The highest BCUT2D eigenvalue weighted by Gasteiger charge is 2.35. The number of fused-ring (bicyclic) bond motifs is 2. The molecule has 2 aliphatic heterocycles. The molecule has 0 spiro atoms. The average Bonchev–Trinajstić information content (AvgIpc) is 3.81. The number of nitrogens with two attached hydrogens (primary N) is 1. The summed E-state index contributed by atoms with van der Waals surface area (Å²) >= 11 is 2.74. The third-order valence-electron chi connectivity index (χ3n) is 12.0. The van der Waals surface area contributed by atoms with Gasteiger partial charge in [-0.2, -0.15) is 23.5 Å². The van der Waals surface area contributed by atoms with Crippen molar-refractivity contribution in [2.45, 2.75) is 148 Å². The van der Waals surface area contributed by atoms with Crippen molar-refractivity contribution in [3.8, 4) is 0 Å². The van der Waals surface area contributed by atoms with Crippen molar-refractivity contribution in [2.75, 3.05) is 18.1 Å². The van der Waals surface area contributed by atoms with E-state index in [0.717, 1.165) is 23.6 Å². The molecule has 22 heteroatoms. The summed E-state index contributed by atoms with van der Waals surface area (Å²) in [6.45, 7) is 14.1. The van der Waals surface area contributed by atoms with Gasteiger partial charge in [-0.1, -0.05) is 72.2 Å². The number of likely N-dealkylation sites (tertiary alicyclic amines) is 1. The highest BCUT2D eigenvalue weighted by molar-refractivity contribution is 7.98. The van der Waals surface area contributed by atoms with E-state index in [1.165, 1.54) is 42.3 Å². The summed E-state index contributed by atoms with van der Waals surface area (Å²) in [5.41, 5.74) is 7.55. The summed E-state index contributed by atoms with van der Waals surface area (Å²) in [5.74, 6) is -8.84. The molecule has 0 aromatic heterocycles. The molecule has 1 fully saturated rings. The van der Waals surface area contributed by atoms with E-state index in [0.29, 0.717) is 37.3 Å². The first-order valence-corrected chi connectivity index (χ1v) is 26.5. The fraction of sp³-hybridized carbons (Fsp3) is 0.633. The molecule has 20 nitrogen and oxygen atoms in total. The third-order valence-corrected chi connectivity index (χ3v) is 14.3. The summed E-state index contributed by atoms with van der Waals surface area (Å²) in [6, 6.07) is 1.19. The minimum Gasteiger partial charge on any atom is -0.481 e. The van der Waals surface area contributed by atoms with E-state index < -0.39 is 108 Å². The average molecular weight is 1030 g/mol. The standard InChI is InChI=1S/C49H73N9O11S2/c1-9-29(6)41-49(69)56-38(42(50)62)26-71-24-33-13-10-12-32(20-33)23-70-25-35(45(65)53-30(7)43(63)54-37(19-28(4)5)47(67)57-41)22-51-46(66)36(18-27(2)3)55-44(64)34(15-16-40(60)61)21-52-48(68)39-14-11-17-58(39)31(8)59/h10,12-13,20-22,27-30,34-39,41H,9,11,14-19,23-26H2,1-8H3,(H2,50,62)(H,53,65)(H,54,63)(H,55,64)(H,56,69)(H,57,67)(H,60,61)/t29-,30-,34?,35?,36-,37-,38-,39-,41-/m0/s1. The first kappa shape index (κ1) is 59.7. The number of nitrogens with one attached hydrogen (secondary N) is 5. The number of hydrogen-bond donors (Lipinski definition) is 7. The number of aliphatic carboxylic acids is 1. The number of benzene rings is 1. The number of rotatable bonds is 16. The number of primary amides is 1. The number of carboxylic acids is 1. The molecule has 2 aliphatic rings. The Balaban J connectivity index is 1.96. The molecule has 8 N–H and O–H groups in total. The van der Waals surface area contributed by atoms with Crippen molar-refractivity contribution in [3.63, 3.8) is 0 Å². The van der Waals surface area contributed by atoms with E-state index in [9.17, 15) is 53.1 Å². The maximum Gasteiger partial charge on any atom is 0.303 e. The minimum absolute atomic E-state index is 0.0877. The number of thioether (sulfide) groups is 2.